The summed E-state index contributed by atoms with van der Waals surface area (Å²) in [6, 6.07) is 14.9. The molecule has 0 amide bonds. The average molecular weight is 250 g/mol. The van der Waals surface area contributed by atoms with E-state index in [1.807, 2.05) is 6.07 Å². The molecule has 19 heavy (non-hydrogen) atoms. The lowest BCUT2D eigenvalue weighted by molar-refractivity contribution is 0.485. The van der Waals surface area contributed by atoms with Crippen LogP contribution in [-0.2, 0) is 0 Å². The van der Waals surface area contributed by atoms with E-state index in [0.717, 1.165) is 11.5 Å². The average Bonchev–Trinajstić information content (AvgIpc) is 2.34. The first-order valence-electron chi connectivity index (χ1n) is 6.84. The number of rotatable bonds is 0. The highest BCUT2D eigenvalue weighted by molar-refractivity contribution is 6.89. The molecule has 0 fully saturated rings. The van der Waals surface area contributed by atoms with Crippen LogP contribution in [0.15, 0.2) is 42.5 Å². The van der Waals surface area contributed by atoms with Crippen LogP contribution >= 0.6 is 0 Å². The van der Waals surface area contributed by atoms with E-state index in [1.54, 1.807) is 0 Å². The number of benzene rings is 2. The summed E-state index contributed by atoms with van der Waals surface area (Å²) in [4.78, 5) is 0. The SMILES string of the molecule is Cc1ccc2c(c1)Oc1ccccc1B2C(C)(C)C. The number of fused-ring (bicyclic) bond motifs is 2. The molecule has 1 heterocycles. The maximum atomic E-state index is 6.08. The van der Waals surface area contributed by atoms with Crippen LogP contribution in [0.3, 0.4) is 0 Å². The van der Waals surface area contributed by atoms with Crippen molar-refractivity contribution in [3.8, 4) is 11.5 Å². The monoisotopic (exact) mass is 250 g/mol. The molecule has 0 unspecified atom stereocenters. The number of aryl methyl sites for hydroxylation is 1. The molecule has 2 heteroatoms. The number of ether oxygens (including phenoxy) is 1. The van der Waals surface area contributed by atoms with Crippen LogP contribution in [0.2, 0.25) is 5.31 Å². The summed E-state index contributed by atoms with van der Waals surface area (Å²) in [5, 5.41) is 0.171. The summed E-state index contributed by atoms with van der Waals surface area (Å²) in [5.41, 5.74) is 3.84. The second-order valence-electron chi connectivity index (χ2n) is 6.48. The molecule has 96 valence electrons. The predicted octanol–water partition coefficient (Wildman–Crippen LogP) is 3.51. The standard InChI is InChI=1S/C17H19BO/c1-12-9-10-14-16(11-12)19-15-8-6-5-7-13(15)18(14)17(2,3)4/h5-11H,1-4H3. The molecule has 0 saturated carbocycles. The molecule has 1 aliphatic heterocycles. The van der Waals surface area contributed by atoms with Crippen molar-refractivity contribution in [2.75, 3.05) is 0 Å². The van der Waals surface area contributed by atoms with Crippen LogP contribution in [0.25, 0.3) is 0 Å². The number of hydrogen-bond acceptors (Lipinski definition) is 1. The van der Waals surface area contributed by atoms with E-state index in [0.29, 0.717) is 6.71 Å². The topological polar surface area (TPSA) is 9.23 Å². The minimum absolute atomic E-state index is 0.171. The molecule has 3 rings (SSSR count). The molecule has 0 atom stereocenters. The van der Waals surface area contributed by atoms with Crippen molar-refractivity contribution < 1.29 is 4.74 Å². The smallest absolute Gasteiger partial charge is 0.224 e. The first-order valence-corrected chi connectivity index (χ1v) is 6.84. The molecule has 0 spiro atoms. The van der Waals surface area contributed by atoms with Gasteiger partial charge in [-0.3, -0.25) is 0 Å². The Labute approximate surface area is 115 Å². The van der Waals surface area contributed by atoms with E-state index in [9.17, 15) is 0 Å². The molecule has 1 aliphatic rings. The van der Waals surface area contributed by atoms with Crippen molar-refractivity contribution in [3.05, 3.63) is 48.0 Å². The lowest BCUT2D eigenvalue weighted by Gasteiger charge is -2.34. The summed E-state index contributed by atoms with van der Waals surface area (Å²) in [6.07, 6.45) is 0. The molecular weight excluding hydrogens is 231 g/mol. The highest BCUT2D eigenvalue weighted by atomic mass is 16.5. The Morgan fingerprint density at radius 2 is 1.58 bits per heavy atom. The third-order valence-corrected chi connectivity index (χ3v) is 3.80. The number of hydrogen-bond donors (Lipinski definition) is 0. The normalized spacial score (nSPS) is 13.6. The van der Waals surface area contributed by atoms with Gasteiger partial charge in [0.2, 0.25) is 6.71 Å². The van der Waals surface area contributed by atoms with Crippen molar-refractivity contribution in [1.82, 2.24) is 0 Å². The molecule has 0 saturated heterocycles. The molecule has 0 radical (unpaired) electrons. The van der Waals surface area contributed by atoms with E-state index < -0.39 is 0 Å². The zero-order valence-corrected chi connectivity index (χ0v) is 12.0. The fourth-order valence-corrected chi connectivity index (χ4v) is 3.00. The Morgan fingerprint density at radius 3 is 2.32 bits per heavy atom. The van der Waals surface area contributed by atoms with Crippen LogP contribution in [-0.4, -0.2) is 6.71 Å². The quantitative estimate of drug-likeness (QED) is 0.650. The molecule has 0 aromatic heterocycles. The van der Waals surface area contributed by atoms with Crippen LogP contribution in [0.5, 0.6) is 11.5 Å². The summed E-state index contributed by atoms with van der Waals surface area (Å²) < 4.78 is 6.08. The zero-order chi connectivity index (χ0) is 13.6. The Balaban J connectivity index is 2.24. The van der Waals surface area contributed by atoms with Gasteiger partial charge in [0.1, 0.15) is 11.5 Å². The lowest BCUT2D eigenvalue weighted by atomic mass is 9.27. The molecule has 1 nitrogen and oxygen atoms in total. The van der Waals surface area contributed by atoms with Crippen molar-refractivity contribution in [2.24, 2.45) is 0 Å². The van der Waals surface area contributed by atoms with Gasteiger partial charge in [0, 0.05) is 0 Å². The summed E-state index contributed by atoms with van der Waals surface area (Å²) in [7, 11) is 0. The Kier molecular flexibility index (Phi) is 2.70. The minimum atomic E-state index is 0.171. The molecule has 0 bridgehead atoms. The van der Waals surface area contributed by atoms with Gasteiger partial charge in [-0.2, -0.15) is 0 Å². The third-order valence-electron chi connectivity index (χ3n) is 3.80. The van der Waals surface area contributed by atoms with E-state index in [-0.39, 0.29) is 5.31 Å². The summed E-state index contributed by atoms with van der Waals surface area (Å²) >= 11 is 0. The Hall–Kier alpha value is -1.70. The van der Waals surface area contributed by atoms with Gasteiger partial charge in [0.25, 0.3) is 0 Å². The van der Waals surface area contributed by atoms with E-state index in [4.69, 9.17) is 4.74 Å². The van der Waals surface area contributed by atoms with Gasteiger partial charge in [0.05, 0.1) is 0 Å². The van der Waals surface area contributed by atoms with Crippen molar-refractivity contribution in [3.63, 3.8) is 0 Å². The van der Waals surface area contributed by atoms with Gasteiger partial charge in [0.15, 0.2) is 0 Å². The van der Waals surface area contributed by atoms with Gasteiger partial charge in [-0.1, -0.05) is 51.1 Å². The van der Waals surface area contributed by atoms with Crippen LogP contribution in [0.1, 0.15) is 26.3 Å². The zero-order valence-electron chi connectivity index (χ0n) is 12.0. The highest BCUT2D eigenvalue weighted by Crippen LogP contribution is 2.34. The molecule has 0 aliphatic carbocycles. The first-order chi connectivity index (χ1) is 8.97. The second-order valence-corrected chi connectivity index (χ2v) is 6.48. The second kappa shape index (κ2) is 4.16. The van der Waals surface area contributed by atoms with E-state index in [1.165, 1.54) is 16.5 Å². The minimum Gasteiger partial charge on any atom is -0.458 e. The Morgan fingerprint density at radius 1 is 0.895 bits per heavy atom. The Bertz CT molecular complexity index is 625. The fourth-order valence-electron chi connectivity index (χ4n) is 3.00. The maximum absolute atomic E-state index is 6.08. The molecule has 2 aromatic carbocycles. The van der Waals surface area contributed by atoms with Crippen molar-refractivity contribution in [1.29, 1.82) is 0 Å². The number of para-hydroxylation sites is 1. The van der Waals surface area contributed by atoms with Crippen molar-refractivity contribution in [2.45, 2.75) is 33.0 Å². The van der Waals surface area contributed by atoms with Gasteiger partial charge < -0.3 is 4.74 Å². The summed E-state index contributed by atoms with van der Waals surface area (Å²) in [6.45, 7) is 9.37. The van der Waals surface area contributed by atoms with Crippen molar-refractivity contribution >= 4 is 17.6 Å². The van der Waals surface area contributed by atoms with E-state index >= 15 is 0 Å². The van der Waals surface area contributed by atoms with Gasteiger partial charge >= 0.3 is 0 Å². The molecule has 0 N–H and O–H groups in total. The largest absolute Gasteiger partial charge is 0.458 e. The first kappa shape index (κ1) is 12.3. The molecule has 2 aromatic rings. The lowest BCUT2D eigenvalue weighted by Crippen LogP contribution is -2.52. The van der Waals surface area contributed by atoms with Gasteiger partial charge in [-0.05, 0) is 40.9 Å². The highest BCUT2D eigenvalue weighted by Gasteiger charge is 2.38. The van der Waals surface area contributed by atoms with Gasteiger partial charge in [-0.25, -0.2) is 0 Å². The molecular formula is C17H19BO. The van der Waals surface area contributed by atoms with Crippen LogP contribution in [0.4, 0.5) is 0 Å². The van der Waals surface area contributed by atoms with E-state index in [2.05, 4.69) is 64.1 Å². The van der Waals surface area contributed by atoms with Crippen LogP contribution < -0.4 is 15.7 Å². The fraction of sp³-hybridized carbons (Fsp3) is 0.294. The predicted molar refractivity (Wildman–Crippen MR) is 82.4 cm³/mol. The maximum Gasteiger partial charge on any atom is 0.224 e. The van der Waals surface area contributed by atoms with Gasteiger partial charge in [-0.15, -0.1) is 0 Å². The van der Waals surface area contributed by atoms with Crippen LogP contribution in [0, 0.1) is 6.92 Å². The summed E-state index contributed by atoms with van der Waals surface area (Å²) in [5.74, 6) is 2.01. The third kappa shape index (κ3) is 2.05.